The van der Waals surface area contributed by atoms with E-state index in [9.17, 15) is 9.90 Å². The molecule has 0 aromatic heterocycles. The summed E-state index contributed by atoms with van der Waals surface area (Å²) in [6, 6.07) is 5.71. The molecule has 1 aromatic rings. The van der Waals surface area contributed by atoms with Gasteiger partial charge in [-0.25, -0.2) is 0 Å². The van der Waals surface area contributed by atoms with E-state index in [0.29, 0.717) is 5.75 Å². The minimum atomic E-state index is -0.978. The van der Waals surface area contributed by atoms with E-state index in [1.54, 1.807) is 11.8 Å². The number of hydrogen-bond acceptors (Lipinski definition) is 4. The van der Waals surface area contributed by atoms with Gasteiger partial charge in [0.1, 0.15) is 12.0 Å². The first-order valence-electron chi connectivity index (χ1n) is 5.63. The van der Waals surface area contributed by atoms with Crippen LogP contribution in [0.2, 0.25) is 0 Å². The Balaban J connectivity index is 2.16. The van der Waals surface area contributed by atoms with Crippen LogP contribution in [0, 0.1) is 0 Å². The lowest BCUT2D eigenvalue weighted by atomic mass is 10.2. The van der Waals surface area contributed by atoms with Crippen molar-refractivity contribution in [2.24, 2.45) is 0 Å². The molecule has 0 bridgehead atoms. The zero-order valence-corrected chi connectivity index (χ0v) is 12.6. The van der Waals surface area contributed by atoms with Crippen molar-refractivity contribution in [1.82, 2.24) is 0 Å². The molecule has 1 aromatic carbocycles. The lowest BCUT2D eigenvalue weighted by Crippen LogP contribution is -2.90. The average Bonchev–Trinajstić information content (AvgIpc) is 2.77. The van der Waals surface area contributed by atoms with Crippen molar-refractivity contribution in [1.29, 1.82) is 0 Å². The summed E-state index contributed by atoms with van der Waals surface area (Å²) in [6.07, 6.45) is 0. The van der Waals surface area contributed by atoms with Crippen LogP contribution >= 0.6 is 27.7 Å². The Labute approximate surface area is 119 Å². The van der Waals surface area contributed by atoms with Crippen molar-refractivity contribution < 1.29 is 15.2 Å². The van der Waals surface area contributed by atoms with Crippen LogP contribution in [0.4, 0.5) is 5.69 Å². The van der Waals surface area contributed by atoms with E-state index >= 15 is 0 Å². The summed E-state index contributed by atoms with van der Waals surface area (Å²) in [5.74, 6) is -0.381. The maximum Gasteiger partial charge on any atom is 0.159 e. The molecule has 0 spiro atoms. The Hall–Kier alpha value is -0.720. The lowest BCUT2D eigenvalue weighted by molar-refractivity contribution is -0.690. The van der Waals surface area contributed by atoms with E-state index in [1.165, 1.54) is 0 Å². The number of nitrogens with two attached hydrogens (primary N) is 1. The fourth-order valence-corrected chi connectivity index (χ4v) is 4.00. The highest BCUT2D eigenvalue weighted by Crippen LogP contribution is 2.32. The molecule has 0 saturated carbocycles. The van der Waals surface area contributed by atoms with Gasteiger partial charge in [0.2, 0.25) is 0 Å². The predicted molar refractivity (Wildman–Crippen MR) is 74.4 cm³/mol. The van der Waals surface area contributed by atoms with Crippen LogP contribution < -0.4 is 15.3 Å². The van der Waals surface area contributed by atoms with Crippen LogP contribution in [0.1, 0.15) is 10.9 Å². The van der Waals surface area contributed by atoms with Gasteiger partial charge in [-0.3, -0.25) is 0 Å². The lowest BCUT2D eigenvalue weighted by Gasteiger charge is -2.17. The highest BCUT2D eigenvalue weighted by Gasteiger charge is 2.31. The minimum Gasteiger partial charge on any atom is -0.544 e. The Morgan fingerprint density at radius 3 is 2.78 bits per heavy atom. The quantitative estimate of drug-likeness (QED) is 0.843. The van der Waals surface area contributed by atoms with Crippen LogP contribution in [0.5, 0.6) is 0 Å². The first-order valence-corrected chi connectivity index (χ1v) is 7.47. The highest BCUT2D eigenvalue weighted by molar-refractivity contribution is 9.10. The van der Waals surface area contributed by atoms with Crippen LogP contribution in [-0.4, -0.2) is 31.9 Å². The van der Waals surface area contributed by atoms with Crippen molar-refractivity contribution in [2.45, 2.75) is 11.4 Å². The molecule has 1 aliphatic heterocycles. The van der Waals surface area contributed by atoms with Gasteiger partial charge < -0.3 is 20.1 Å². The Bertz CT molecular complexity index is 467. The number of thioether (sulfide) groups is 1. The van der Waals surface area contributed by atoms with Gasteiger partial charge in [0.25, 0.3) is 0 Å². The molecule has 0 radical (unpaired) electrons. The largest absolute Gasteiger partial charge is 0.544 e. The Morgan fingerprint density at radius 2 is 2.28 bits per heavy atom. The summed E-state index contributed by atoms with van der Waals surface area (Å²) in [7, 11) is 3.98. The van der Waals surface area contributed by atoms with Gasteiger partial charge >= 0.3 is 0 Å². The number of halogens is 1. The number of hydrogen-bond donors (Lipinski definition) is 1. The third-order valence-electron chi connectivity index (χ3n) is 2.95. The summed E-state index contributed by atoms with van der Waals surface area (Å²) in [5.41, 5.74) is 2.24. The van der Waals surface area contributed by atoms with Gasteiger partial charge in [0, 0.05) is 24.1 Å². The first kappa shape index (κ1) is 13.7. The molecule has 1 fully saturated rings. The minimum absolute atomic E-state index is 0.139. The summed E-state index contributed by atoms with van der Waals surface area (Å²) in [5, 5.41) is 12.8. The fourth-order valence-electron chi connectivity index (χ4n) is 1.95. The van der Waals surface area contributed by atoms with Crippen molar-refractivity contribution in [3.63, 3.8) is 0 Å². The molecule has 4 nitrogen and oxygen atoms in total. The Kier molecular flexibility index (Phi) is 4.19. The van der Waals surface area contributed by atoms with E-state index in [-0.39, 0.29) is 5.37 Å². The van der Waals surface area contributed by atoms with E-state index in [2.05, 4.69) is 22.0 Å². The number of benzene rings is 1. The van der Waals surface area contributed by atoms with Gasteiger partial charge in [0.05, 0.1) is 11.4 Å². The normalized spacial score (nSPS) is 23.1. The number of carboxylic acids is 1. The number of nitrogens with zero attached hydrogens (tertiary/aromatic N) is 1. The van der Waals surface area contributed by atoms with Gasteiger partial charge in [-0.05, 0) is 28.1 Å². The number of rotatable bonds is 3. The monoisotopic (exact) mass is 330 g/mol. The number of carbonyl (C=O) groups excluding carboxylic acids is 1. The molecule has 98 valence electrons. The van der Waals surface area contributed by atoms with E-state index < -0.39 is 12.0 Å². The molecule has 0 aliphatic carbocycles. The molecule has 1 saturated heterocycles. The maximum atomic E-state index is 10.8. The summed E-state index contributed by atoms with van der Waals surface area (Å²) in [6.45, 7) is 0. The smallest absolute Gasteiger partial charge is 0.159 e. The molecular weight excluding hydrogens is 316 g/mol. The van der Waals surface area contributed by atoms with Crippen LogP contribution in [0.15, 0.2) is 22.7 Å². The number of quaternary nitrogens is 1. The van der Waals surface area contributed by atoms with Crippen molar-refractivity contribution in [2.75, 3.05) is 24.7 Å². The van der Waals surface area contributed by atoms with Gasteiger partial charge in [-0.15, -0.1) is 0 Å². The number of anilines is 1. The van der Waals surface area contributed by atoms with Crippen molar-refractivity contribution >= 4 is 39.3 Å². The molecule has 1 aliphatic rings. The fraction of sp³-hybridized carbons (Fsp3) is 0.417. The zero-order chi connectivity index (χ0) is 13.3. The molecule has 6 heteroatoms. The molecule has 1 heterocycles. The summed E-state index contributed by atoms with van der Waals surface area (Å²) < 4.78 is 1.02. The van der Waals surface area contributed by atoms with Crippen LogP contribution in [0.3, 0.4) is 0 Å². The van der Waals surface area contributed by atoms with Gasteiger partial charge in [0.15, 0.2) is 5.37 Å². The molecule has 2 atom stereocenters. The Morgan fingerprint density at radius 1 is 1.56 bits per heavy atom. The first-order chi connectivity index (χ1) is 8.49. The molecule has 0 amide bonds. The maximum absolute atomic E-state index is 10.8. The molecule has 18 heavy (non-hydrogen) atoms. The third-order valence-corrected chi connectivity index (χ3v) is 4.92. The number of carbonyl (C=O) groups is 1. The molecule has 0 unspecified atom stereocenters. The van der Waals surface area contributed by atoms with Crippen LogP contribution in [-0.2, 0) is 4.79 Å². The third kappa shape index (κ3) is 2.81. The predicted octanol–water partition coefficient (Wildman–Crippen LogP) is -0.0576. The average molecular weight is 331 g/mol. The van der Waals surface area contributed by atoms with Crippen LogP contribution in [0.25, 0.3) is 0 Å². The molecule has 2 rings (SSSR count). The van der Waals surface area contributed by atoms with E-state index in [4.69, 9.17) is 0 Å². The standard InChI is InChI=1S/C12H15BrN2O2S/c1-15(2)10-4-3-7(5-8(10)13)11-14-9(6-18-11)12(16)17/h3-5,9,11,14H,6H2,1-2H3,(H,16,17)/t9-,11-/m0/s1. The second-order valence-electron chi connectivity index (χ2n) is 4.48. The summed E-state index contributed by atoms with van der Waals surface area (Å²) >= 11 is 5.19. The molecular formula is C12H15BrN2O2S. The van der Waals surface area contributed by atoms with E-state index in [1.807, 2.05) is 36.4 Å². The number of aliphatic carboxylic acids is 1. The second-order valence-corrected chi connectivity index (χ2v) is 6.51. The SMILES string of the molecule is CN(C)c1ccc([C@H]2[NH2+][C@H](C(=O)[O-])CS2)cc1Br. The molecule has 2 N–H and O–H groups in total. The highest BCUT2D eigenvalue weighted by atomic mass is 79.9. The van der Waals surface area contributed by atoms with E-state index in [0.717, 1.165) is 15.7 Å². The second kappa shape index (κ2) is 5.50. The van der Waals surface area contributed by atoms with Crippen molar-refractivity contribution in [3.8, 4) is 0 Å². The van der Waals surface area contributed by atoms with Crippen molar-refractivity contribution in [3.05, 3.63) is 28.2 Å². The summed E-state index contributed by atoms with van der Waals surface area (Å²) in [4.78, 5) is 12.8. The van der Waals surface area contributed by atoms with Gasteiger partial charge in [-0.1, -0.05) is 17.8 Å². The zero-order valence-electron chi connectivity index (χ0n) is 10.2. The van der Waals surface area contributed by atoms with Gasteiger partial charge in [-0.2, -0.15) is 0 Å². The topological polar surface area (TPSA) is 60.0 Å². The number of carboxylic acid groups (broad SMARTS) is 1.